The van der Waals surface area contributed by atoms with Crippen LogP contribution in [-0.4, -0.2) is 25.2 Å². The average Bonchev–Trinajstić information content (AvgIpc) is 2.81. The standard InChI is InChI=1S/C28H30N2O3/c1-20(2)29-28(32)30(26-7-5-6-22(18-26)12-17-27(31)33-4)19-23-10-15-25(16-11-23)24-13-8-21(3)9-14-24/h5-18,20H,19H2,1-4H3,(H,29,32)/b17-12+. The highest BCUT2D eigenvalue weighted by molar-refractivity contribution is 5.93. The number of benzene rings is 3. The number of ether oxygens (including phenoxy) is 1. The Kier molecular flexibility index (Phi) is 8.03. The first-order valence-corrected chi connectivity index (χ1v) is 11.0. The van der Waals surface area contributed by atoms with E-state index >= 15 is 0 Å². The molecule has 0 aliphatic carbocycles. The normalized spacial score (nSPS) is 10.9. The Morgan fingerprint density at radius 2 is 1.61 bits per heavy atom. The van der Waals surface area contributed by atoms with Gasteiger partial charge in [0.25, 0.3) is 0 Å². The largest absolute Gasteiger partial charge is 0.466 e. The fraction of sp³-hybridized carbons (Fsp3) is 0.214. The van der Waals surface area contributed by atoms with Gasteiger partial charge >= 0.3 is 12.0 Å². The molecule has 2 amide bonds. The molecular weight excluding hydrogens is 412 g/mol. The van der Waals surface area contributed by atoms with E-state index in [-0.39, 0.29) is 12.1 Å². The third-order valence-electron chi connectivity index (χ3n) is 5.13. The van der Waals surface area contributed by atoms with Gasteiger partial charge in [-0.25, -0.2) is 9.59 Å². The fourth-order valence-electron chi connectivity index (χ4n) is 3.37. The van der Waals surface area contributed by atoms with E-state index in [2.05, 4.69) is 53.4 Å². The zero-order valence-corrected chi connectivity index (χ0v) is 19.5. The van der Waals surface area contributed by atoms with Crippen molar-refractivity contribution in [2.45, 2.75) is 33.4 Å². The van der Waals surface area contributed by atoms with Gasteiger partial charge in [0.1, 0.15) is 0 Å². The van der Waals surface area contributed by atoms with E-state index in [4.69, 9.17) is 0 Å². The Balaban J connectivity index is 1.86. The summed E-state index contributed by atoms with van der Waals surface area (Å²) in [5, 5.41) is 2.98. The van der Waals surface area contributed by atoms with Crippen LogP contribution in [0.15, 0.2) is 78.9 Å². The number of aryl methyl sites for hydroxylation is 1. The lowest BCUT2D eigenvalue weighted by molar-refractivity contribution is -0.134. The molecule has 0 aliphatic heterocycles. The summed E-state index contributed by atoms with van der Waals surface area (Å²) in [6.07, 6.45) is 3.03. The van der Waals surface area contributed by atoms with Crippen molar-refractivity contribution >= 4 is 23.8 Å². The van der Waals surface area contributed by atoms with Crippen molar-refractivity contribution in [2.75, 3.05) is 12.0 Å². The summed E-state index contributed by atoms with van der Waals surface area (Å²) in [6, 6.07) is 24.0. The maximum atomic E-state index is 13.0. The smallest absolute Gasteiger partial charge is 0.330 e. The molecule has 0 aromatic heterocycles. The summed E-state index contributed by atoms with van der Waals surface area (Å²) in [4.78, 5) is 26.2. The molecule has 0 spiro atoms. The highest BCUT2D eigenvalue weighted by Gasteiger charge is 2.17. The van der Waals surface area contributed by atoms with Gasteiger partial charge in [-0.3, -0.25) is 4.90 Å². The van der Waals surface area contributed by atoms with E-state index in [9.17, 15) is 9.59 Å². The number of urea groups is 1. The molecule has 0 atom stereocenters. The van der Waals surface area contributed by atoms with Crippen LogP contribution in [0.3, 0.4) is 0 Å². The van der Waals surface area contributed by atoms with Crippen molar-refractivity contribution in [1.82, 2.24) is 5.32 Å². The number of hydrogen-bond donors (Lipinski definition) is 1. The first-order chi connectivity index (χ1) is 15.9. The summed E-state index contributed by atoms with van der Waals surface area (Å²) in [5.74, 6) is -0.427. The SMILES string of the molecule is COC(=O)/C=C/c1cccc(N(Cc2ccc(-c3ccc(C)cc3)cc2)C(=O)NC(C)C)c1. The Bertz CT molecular complexity index is 1120. The molecule has 5 nitrogen and oxygen atoms in total. The van der Waals surface area contributed by atoms with Crippen LogP contribution in [0, 0.1) is 6.92 Å². The van der Waals surface area contributed by atoms with Crippen molar-refractivity contribution in [1.29, 1.82) is 0 Å². The van der Waals surface area contributed by atoms with Crippen LogP contribution in [0.2, 0.25) is 0 Å². The second kappa shape index (κ2) is 11.1. The van der Waals surface area contributed by atoms with Gasteiger partial charge < -0.3 is 10.1 Å². The van der Waals surface area contributed by atoms with Gasteiger partial charge in [-0.05, 0) is 61.2 Å². The minimum atomic E-state index is -0.427. The van der Waals surface area contributed by atoms with Crippen molar-refractivity contribution in [3.8, 4) is 11.1 Å². The topological polar surface area (TPSA) is 58.6 Å². The van der Waals surface area contributed by atoms with Gasteiger partial charge in [0.05, 0.1) is 13.7 Å². The molecule has 0 radical (unpaired) electrons. The highest BCUT2D eigenvalue weighted by Crippen LogP contribution is 2.23. The van der Waals surface area contributed by atoms with Crippen LogP contribution in [-0.2, 0) is 16.1 Å². The third kappa shape index (κ3) is 6.81. The second-order valence-electron chi connectivity index (χ2n) is 8.20. The van der Waals surface area contributed by atoms with Crippen molar-refractivity contribution in [3.63, 3.8) is 0 Å². The molecule has 0 aliphatic rings. The van der Waals surface area contributed by atoms with Crippen LogP contribution in [0.4, 0.5) is 10.5 Å². The van der Waals surface area contributed by atoms with Crippen LogP contribution >= 0.6 is 0 Å². The molecule has 1 N–H and O–H groups in total. The molecule has 0 fully saturated rings. The Morgan fingerprint density at radius 1 is 0.970 bits per heavy atom. The summed E-state index contributed by atoms with van der Waals surface area (Å²) in [5.41, 5.74) is 6.07. The van der Waals surface area contributed by atoms with Crippen LogP contribution in [0.5, 0.6) is 0 Å². The van der Waals surface area contributed by atoms with Gasteiger partial charge in [-0.1, -0.05) is 66.2 Å². The maximum Gasteiger partial charge on any atom is 0.330 e. The number of carbonyl (C=O) groups excluding carboxylic acids is 2. The lowest BCUT2D eigenvalue weighted by Gasteiger charge is -2.25. The Hall–Kier alpha value is -3.86. The Morgan fingerprint density at radius 3 is 2.21 bits per heavy atom. The molecule has 5 heteroatoms. The first kappa shape index (κ1) is 23.8. The van der Waals surface area contributed by atoms with Gasteiger partial charge in [0, 0.05) is 17.8 Å². The highest BCUT2D eigenvalue weighted by atomic mass is 16.5. The number of nitrogens with one attached hydrogen (secondary N) is 1. The molecule has 3 aromatic rings. The van der Waals surface area contributed by atoms with Crippen molar-refractivity contribution in [3.05, 3.63) is 95.6 Å². The number of amides is 2. The molecule has 170 valence electrons. The molecule has 0 bridgehead atoms. The number of carbonyl (C=O) groups is 2. The van der Waals surface area contributed by atoms with Crippen LogP contribution in [0.25, 0.3) is 17.2 Å². The number of nitrogens with zero attached hydrogens (tertiary/aromatic N) is 1. The van der Waals surface area contributed by atoms with Gasteiger partial charge in [0.2, 0.25) is 0 Å². The molecular formula is C28H30N2O3. The second-order valence-corrected chi connectivity index (χ2v) is 8.20. The monoisotopic (exact) mass is 442 g/mol. The van der Waals surface area contributed by atoms with E-state index < -0.39 is 5.97 Å². The average molecular weight is 443 g/mol. The van der Waals surface area contributed by atoms with E-state index in [1.807, 2.05) is 50.2 Å². The van der Waals surface area contributed by atoms with Crippen molar-refractivity contribution in [2.24, 2.45) is 0 Å². The number of hydrogen-bond acceptors (Lipinski definition) is 3. The van der Waals surface area contributed by atoms with E-state index in [1.165, 1.54) is 18.7 Å². The minimum absolute atomic E-state index is 0.00585. The number of methoxy groups -OCH3 is 1. The molecule has 0 unspecified atom stereocenters. The Labute approximate surface area is 195 Å². The quantitative estimate of drug-likeness (QED) is 0.362. The summed E-state index contributed by atoms with van der Waals surface area (Å²) in [7, 11) is 1.34. The lowest BCUT2D eigenvalue weighted by Crippen LogP contribution is -2.42. The molecule has 0 heterocycles. The molecule has 0 saturated carbocycles. The fourth-order valence-corrected chi connectivity index (χ4v) is 3.37. The molecule has 3 aromatic carbocycles. The number of anilines is 1. The summed E-state index contributed by atoms with van der Waals surface area (Å²) >= 11 is 0. The number of esters is 1. The zero-order valence-electron chi connectivity index (χ0n) is 19.5. The third-order valence-corrected chi connectivity index (χ3v) is 5.13. The van der Waals surface area contributed by atoms with E-state index in [0.29, 0.717) is 6.54 Å². The van der Waals surface area contributed by atoms with Gasteiger partial charge in [-0.2, -0.15) is 0 Å². The lowest BCUT2D eigenvalue weighted by atomic mass is 10.0. The molecule has 33 heavy (non-hydrogen) atoms. The molecule has 3 rings (SSSR count). The van der Waals surface area contributed by atoms with E-state index in [1.54, 1.807) is 11.0 Å². The zero-order chi connectivity index (χ0) is 23.8. The van der Waals surface area contributed by atoms with Gasteiger partial charge in [0.15, 0.2) is 0 Å². The maximum absolute atomic E-state index is 13.0. The predicted molar refractivity (Wildman–Crippen MR) is 134 cm³/mol. The summed E-state index contributed by atoms with van der Waals surface area (Å²) in [6.45, 7) is 6.35. The minimum Gasteiger partial charge on any atom is -0.466 e. The predicted octanol–water partition coefficient (Wildman–Crippen LogP) is 5.97. The molecule has 0 saturated heterocycles. The summed E-state index contributed by atoms with van der Waals surface area (Å²) < 4.78 is 4.66. The van der Waals surface area contributed by atoms with Crippen molar-refractivity contribution < 1.29 is 14.3 Å². The van der Waals surface area contributed by atoms with Crippen LogP contribution in [0.1, 0.15) is 30.5 Å². The number of rotatable bonds is 7. The van der Waals surface area contributed by atoms with Gasteiger partial charge in [-0.15, -0.1) is 0 Å². The van der Waals surface area contributed by atoms with E-state index in [0.717, 1.165) is 27.9 Å². The first-order valence-electron chi connectivity index (χ1n) is 11.0. The van der Waals surface area contributed by atoms with Crippen LogP contribution < -0.4 is 10.2 Å².